The molecule has 7 nitrogen and oxygen atoms in total. The molecule has 2 heterocycles. The highest BCUT2D eigenvalue weighted by atomic mass is 32.1. The lowest BCUT2D eigenvalue weighted by Crippen LogP contribution is -2.14. The van der Waals surface area contributed by atoms with E-state index >= 15 is 0 Å². The Balaban J connectivity index is 1.39. The normalized spacial score (nSPS) is 12.6. The van der Waals surface area contributed by atoms with Gasteiger partial charge in [-0.05, 0) is 72.7 Å². The Hall–Kier alpha value is -5.60. The summed E-state index contributed by atoms with van der Waals surface area (Å²) in [5.41, 5.74) is 7.97. The van der Waals surface area contributed by atoms with Crippen molar-refractivity contribution in [3.8, 4) is 28.2 Å². The molecule has 226 valence electrons. The fourth-order valence-electron chi connectivity index (χ4n) is 6.05. The van der Waals surface area contributed by atoms with Gasteiger partial charge in [0.05, 0.1) is 21.9 Å². The molecule has 6 aromatic rings. The van der Waals surface area contributed by atoms with Crippen LogP contribution in [0.3, 0.4) is 0 Å². The molecule has 1 N–H and O–H groups in total. The van der Waals surface area contributed by atoms with Gasteiger partial charge in [-0.3, -0.25) is 14.9 Å². The van der Waals surface area contributed by atoms with Gasteiger partial charge in [0, 0.05) is 40.2 Å². The van der Waals surface area contributed by atoms with E-state index in [1.807, 2.05) is 97.2 Å². The number of carbonyl (C=O) groups is 1. The first-order valence-electron chi connectivity index (χ1n) is 15.2. The number of amides is 1. The van der Waals surface area contributed by atoms with Gasteiger partial charge in [0.2, 0.25) is 0 Å². The van der Waals surface area contributed by atoms with Gasteiger partial charge in [0.25, 0.3) is 11.6 Å². The monoisotopic (exact) mass is 622 g/mol. The number of aromatic nitrogens is 1. The predicted molar refractivity (Wildman–Crippen MR) is 186 cm³/mol. The topological polar surface area (TPSA) is 89.5 Å². The van der Waals surface area contributed by atoms with Crippen molar-refractivity contribution in [1.82, 2.24) is 4.57 Å². The second-order valence-electron chi connectivity index (χ2n) is 11.1. The Bertz CT molecular complexity index is 2050. The number of fused-ring (bicyclic) bond motifs is 1. The van der Waals surface area contributed by atoms with Gasteiger partial charge in [-0.1, -0.05) is 78.9 Å². The van der Waals surface area contributed by atoms with E-state index in [1.54, 1.807) is 23.5 Å². The second kappa shape index (κ2) is 12.8. The molecule has 0 aliphatic heterocycles. The van der Waals surface area contributed by atoms with Gasteiger partial charge in [-0.25, -0.2) is 4.99 Å². The number of carbonyl (C=O) groups excluding carboxylic acids is 1. The minimum absolute atomic E-state index is 0.0307. The van der Waals surface area contributed by atoms with E-state index in [1.165, 1.54) is 17.0 Å². The molecule has 0 spiro atoms. The Morgan fingerprint density at radius 3 is 2.13 bits per heavy atom. The lowest BCUT2D eigenvalue weighted by Gasteiger charge is -2.15. The molecule has 2 aromatic heterocycles. The summed E-state index contributed by atoms with van der Waals surface area (Å²) in [7, 11) is 0. The number of hydrogen-bond acceptors (Lipinski definition) is 5. The van der Waals surface area contributed by atoms with Crippen molar-refractivity contribution >= 4 is 39.8 Å². The van der Waals surface area contributed by atoms with Gasteiger partial charge in [-0.2, -0.15) is 0 Å². The van der Waals surface area contributed by atoms with Crippen LogP contribution in [0, 0.1) is 10.1 Å². The third-order valence-electron chi connectivity index (χ3n) is 8.20. The van der Waals surface area contributed by atoms with E-state index < -0.39 is 0 Å². The standard InChI is InChI=1S/C38H30N4O3S/c43-37(40-29-16-8-3-9-17-29)35-32-18-10-11-19-34(32)46-38(35)39-25-28-24-33(26-12-4-1-5-13-26)41(36(28)27-14-6-2-7-15-27)30-20-22-31(23-21-30)42(44)45/h1-9,12-17,20-25H,10-11,18-19H2,(H,40,43). The van der Waals surface area contributed by atoms with Crippen molar-refractivity contribution < 1.29 is 9.72 Å². The van der Waals surface area contributed by atoms with E-state index in [0.29, 0.717) is 10.6 Å². The van der Waals surface area contributed by atoms with E-state index in [0.717, 1.165) is 70.7 Å². The summed E-state index contributed by atoms with van der Waals surface area (Å²) in [5.74, 6) is -0.144. The maximum atomic E-state index is 13.7. The number of nitro groups is 1. The molecule has 0 unspecified atom stereocenters. The number of nitrogens with one attached hydrogen (secondary N) is 1. The zero-order valence-electron chi connectivity index (χ0n) is 24.9. The first-order chi connectivity index (χ1) is 22.6. The van der Waals surface area contributed by atoms with Crippen LogP contribution in [0.2, 0.25) is 0 Å². The van der Waals surface area contributed by atoms with E-state index in [9.17, 15) is 14.9 Å². The average molecular weight is 623 g/mol. The number of non-ortho nitro benzene ring substituents is 1. The third kappa shape index (κ3) is 5.78. The smallest absolute Gasteiger partial charge is 0.269 e. The SMILES string of the molecule is O=C(Nc1ccccc1)c1c(N=Cc2cc(-c3ccccc3)n(-c3ccc([N+](=O)[O-])cc3)c2-c2ccccc2)sc2c1CCCC2. The maximum Gasteiger partial charge on any atom is 0.269 e. The molecule has 0 radical (unpaired) electrons. The number of rotatable bonds is 8. The largest absolute Gasteiger partial charge is 0.322 e. The zero-order valence-corrected chi connectivity index (χ0v) is 25.7. The molecule has 1 aliphatic carbocycles. The number of thiophene rings is 1. The Morgan fingerprint density at radius 1 is 0.826 bits per heavy atom. The fraction of sp³-hybridized carbons (Fsp3) is 0.105. The third-order valence-corrected chi connectivity index (χ3v) is 9.40. The van der Waals surface area contributed by atoms with Crippen LogP contribution in [0.15, 0.2) is 126 Å². The van der Waals surface area contributed by atoms with E-state index in [2.05, 4.69) is 16.0 Å². The van der Waals surface area contributed by atoms with Crippen molar-refractivity contribution in [2.75, 3.05) is 5.32 Å². The summed E-state index contributed by atoms with van der Waals surface area (Å²) in [6, 6.07) is 38.3. The summed E-state index contributed by atoms with van der Waals surface area (Å²) in [5, 5.41) is 15.2. The van der Waals surface area contributed by atoms with Crippen molar-refractivity contribution in [2.24, 2.45) is 4.99 Å². The van der Waals surface area contributed by atoms with E-state index in [-0.39, 0.29) is 16.5 Å². The lowest BCUT2D eigenvalue weighted by molar-refractivity contribution is -0.384. The summed E-state index contributed by atoms with van der Waals surface area (Å²) in [4.78, 5) is 31.1. The van der Waals surface area contributed by atoms with Crippen LogP contribution in [0.5, 0.6) is 0 Å². The first kappa shape index (κ1) is 29.1. The minimum atomic E-state index is -0.389. The Morgan fingerprint density at radius 2 is 1.46 bits per heavy atom. The highest BCUT2D eigenvalue weighted by Crippen LogP contribution is 2.41. The van der Waals surface area contributed by atoms with Crippen LogP contribution in [-0.4, -0.2) is 21.6 Å². The van der Waals surface area contributed by atoms with Gasteiger partial charge in [0.15, 0.2) is 0 Å². The Kier molecular flexibility index (Phi) is 8.10. The van der Waals surface area contributed by atoms with Crippen LogP contribution in [0.25, 0.3) is 28.2 Å². The number of nitro benzene ring substituents is 1. The molecular weight excluding hydrogens is 593 g/mol. The van der Waals surface area contributed by atoms with Gasteiger partial charge in [-0.15, -0.1) is 11.3 Å². The molecule has 1 aliphatic rings. The highest BCUT2D eigenvalue weighted by Gasteiger charge is 2.26. The minimum Gasteiger partial charge on any atom is -0.322 e. The molecule has 4 aromatic carbocycles. The Labute approximate surface area is 270 Å². The van der Waals surface area contributed by atoms with Crippen LogP contribution >= 0.6 is 11.3 Å². The number of nitrogens with zero attached hydrogens (tertiary/aromatic N) is 3. The molecule has 0 saturated carbocycles. The zero-order chi connectivity index (χ0) is 31.5. The first-order valence-corrected chi connectivity index (χ1v) is 16.0. The van der Waals surface area contributed by atoms with Crippen molar-refractivity contribution in [2.45, 2.75) is 25.7 Å². The number of hydrogen-bond donors (Lipinski definition) is 1. The van der Waals surface area contributed by atoms with Crippen LogP contribution in [0.4, 0.5) is 16.4 Å². The highest BCUT2D eigenvalue weighted by molar-refractivity contribution is 7.16. The number of benzene rings is 4. The molecule has 0 fully saturated rings. The van der Waals surface area contributed by atoms with E-state index in [4.69, 9.17) is 4.99 Å². The average Bonchev–Trinajstić information content (AvgIpc) is 3.67. The molecule has 0 atom stereocenters. The molecule has 0 bridgehead atoms. The number of para-hydroxylation sites is 1. The number of aryl methyl sites for hydroxylation is 1. The molecular formula is C38H30N4O3S. The maximum absolute atomic E-state index is 13.7. The molecule has 46 heavy (non-hydrogen) atoms. The van der Waals surface area contributed by atoms with Crippen LogP contribution in [-0.2, 0) is 12.8 Å². The number of aliphatic imine (C=N–C) groups is 1. The van der Waals surface area contributed by atoms with Crippen molar-refractivity contribution in [3.63, 3.8) is 0 Å². The molecule has 0 saturated heterocycles. The summed E-state index contributed by atoms with van der Waals surface area (Å²) >= 11 is 1.60. The van der Waals surface area contributed by atoms with Crippen molar-refractivity contribution in [1.29, 1.82) is 0 Å². The summed E-state index contributed by atoms with van der Waals surface area (Å²) in [6.07, 6.45) is 5.82. The fourth-order valence-corrected chi connectivity index (χ4v) is 7.28. The quantitative estimate of drug-likeness (QED) is 0.104. The van der Waals surface area contributed by atoms with Gasteiger partial charge < -0.3 is 9.88 Å². The number of anilines is 1. The summed E-state index contributed by atoms with van der Waals surface area (Å²) in [6.45, 7) is 0. The van der Waals surface area contributed by atoms with Crippen molar-refractivity contribution in [3.05, 3.63) is 153 Å². The summed E-state index contributed by atoms with van der Waals surface area (Å²) < 4.78 is 2.12. The van der Waals surface area contributed by atoms with Gasteiger partial charge in [0.1, 0.15) is 5.00 Å². The molecule has 7 rings (SSSR count). The second-order valence-corrected chi connectivity index (χ2v) is 12.2. The molecule has 8 heteroatoms. The predicted octanol–water partition coefficient (Wildman–Crippen LogP) is 9.66. The lowest BCUT2D eigenvalue weighted by atomic mass is 9.95. The van der Waals surface area contributed by atoms with Gasteiger partial charge >= 0.3 is 0 Å². The van der Waals surface area contributed by atoms with Crippen LogP contribution in [0.1, 0.15) is 39.2 Å². The molecule has 1 amide bonds. The van der Waals surface area contributed by atoms with Crippen LogP contribution < -0.4 is 5.32 Å².